The van der Waals surface area contributed by atoms with Crippen LogP contribution in [-0.4, -0.2) is 38.9 Å². The molecule has 1 aliphatic rings. The first-order valence-electron chi connectivity index (χ1n) is 6.07. The largest absolute Gasteiger partial charge is 0.316 e. The lowest BCUT2D eigenvalue weighted by Gasteiger charge is -2.31. The molecule has 1 fully saturated rings. The smallest absolute Gasteiger partial charge is 0.244 e. The molecule has 0 radical (unpaired) electrons. The summed E-state index contributed by atoms with van der Waals surface area (Å²) in [6.07, 6.45) is 1.86. The van der Waals surface area contributed by atoms with Crippen LogP contribution in [0.15, 0.2) is 27.6 Å². The van der Waals surface area contributed by atoms with Gasteiger partial charge in [-0.25, -0.2) is 8.42 Å². The molecule has 0 spiro atoms. The third kappa shape index (κ3) is 3.31. The van der Waals surface area contributed by atoms with Gasteiger partial charge in [-0.1, -0.05) is 11.6 Å². The second kappa shape index (κ2) is 6.10. The Morgan fingerprint density at radius 3 is 2.89 bits per heavy atom. The second-order valence-corrected chi connectivity index (χ2v) is 7.76. The lowest BCUT2D eigenvalue weighted by atomic mass is 10.1. The Balaban J connectivity index is 2.34. The lowest BCUT2D eigenvalue weighted by Crippen LogP contribution is -2.46. The second-order valence-electron chi connectivity index (χ2n) is 4.57. The number of sulfonamides is 1. The zero-order chi connectivity index (χ0) is 14.0. The van der Waals surface area contributed by atoms with E-state index in [1.807, 2.05) is 7.05 Å². The summed E-state index contributed by atoms with van der Waals surface area (Å²) < 4.78 is 27.3. The third-order valence-electron chi connectivity index (χ3n) is 3.30. The fourth-order valence-electron chi connectivity index (χ4n) is 2.21. The van der Waals surface area contributed by atoms with E-state index in [4.69, 9.17) is 11.6 Å². The van der Waals surface area contributed by atoms with Gasteiger partial charge in [0.2, 0.25) is 10.0 Å². The van der Waals surface area contributed by atoms with Gasteiger partial charge in [0, 0.05) is 28.6 Å². The molecule has 19 heavy (non-hydrogen) atoms. The molecule has 0 aromatic heterocycles. The van der Waals surface area contributed by atoms with Crippen LogP contribution >= 0.6 is 27.5 Å². The summed E-state index contributed by atoms with van der Waals surface area (Å²) in [4.78, 5) is 0.233. The van der Waals surface area contributed by atoms with Gasteiger partial charge in [0.1, 0.15) is 0 Å². The Bertz CT molecular complexity index is 565. The quantitative estimate of drug-likeness (QED) is 0.893. The number of nitrogens with zero attached hydrogens (tertiary/aromatic N) is 1. The minimum absolute atomic E-state index is 0.210. The van der Waals surface area contributed by atoms with Crippen LogP contribution in [0.3, 0.4) is 0 Å². The molecule has 1 aromatic carbocycles. The molecular weight excluding hydrogens is 352 g/mol. The zero-order valence-corrected chi connectivity index (χ0v) is 13.7. The van der Waals surface area contributed by atoms with Crippen LogP contribution in [0.2, 0.25) is 5.02 Å². The van der Waals surface area contributed by atoms with Gasteiger partial charge in [0.05, 0.1) is 4.90 Å². The fraction of sp³-hybridized carbons (Fsp3) is 0.500. The highest BCUT2D eigenvalue weighted by Gasteiger charge is 2.31. The number of likely N-dealkylation sites (N-methyl/N-ethyl adjacent to an activating group) is 1. The number of piperidine rings is 1. The van der Waals surface area contributed by atoms with Crippen molar-refractivity contribution in [1.82, 2.24) is 9.62 Å². The summed E-state index contributed by atoms with van der Waals surface area (Å²) in [5.41, 5.74) is 0. The Hall–Kier alpha value is -0.140. The average molecular weight is 368 g/mol. The molecule has 106 valence electrons. The van der Waals surface area contributed by atoms with Gasteiger partial charge in [-0.2, -0.15) is 4.31 Å². The maximum absolute atomic E-state index is 12.6. The maximum atomic E-state index is 12.6. The number of halogens is 2. The molecule has 1 N–H and O–H groups in total. The van der Waals surface area contributed by atoms with Crippen LogP contribution in [0.5, 0.6) is 0 Å². The van der Waals surface area contributed by atoms with E-state index in [-0.39, 0.29) is 10.9 Å². The Morgan fingerprint density at radius 1 is 1.47 bits per heavy atom. The van der Waals surface area contributed by atoms with E-state index in [1.54, 1.807) is 12.1 Å². The van der Waals surface area contributed by atoms with E-state index in [2.05, 4.69) is 21.2 Å². The molecular formula is C12H16BrClN2O2S. The summed E-state index contributed by atoms with van der Waals surface area (Å²) in [6, 6.07) is 5.03. The van der Waals surface area contributed by atoms with Gasteiger partial charge in [-0.15, -0.1) is 0 Å². The van der Waals surface area contributed by atoms with Crippen molar-refractivity contribution in [3.63, 3.8) is 0 Å². The average Bonchev–Trinajstić information content (AvgIpc) is 2.41. The third-order valence-corrected chi connectivity index (χ3v) is 6.40. The molecule has 0 saturated carbocycles. The van der Waals surface area contributed by atoms with E-state index in [1.165, 1.54) is 10.4 Å². The number of hydrogen-bond donors (Lipinski definition) is 1. The number of hydrogen-bond acceptors (Lipinski definition) is 3. The van der Waals surface area contributed by atoms with Crippen molar-refractivity contribution in [2.45, 2.75) is 23.8 Å². The lowest BCUT2D eigenvalue weighted by molar-refractivity contribution is 0.292. The van der Waals surface area contributed by atoms with E-state index >= 15 is 0 Å². The first-order chi connectivity index (χ1) is 8.95. The normalized spacial score (nSPS) is 21.5. The first-order valence-corrected chi connectivity index (χ1v) is 8.68. The number of benzene rings is 1. The van der Waals surface area contributed by atoms with Gasteiger partial charge in [-0.05, 0) is 54.0 Å². The molecule has 2 rings (SSSR count). The zero-order valence-electron chi connectivity index (χ0n) is 10.6. The first kappa shape index (κ1) is 15.3. The summed E-state index contributed by atoms with van der Waals surface area (Å²) in [6.45, 7) is 1.05. The van der Waals surface area contributed by atoms with Crippen LogP contribution in [0, 0.1) is 0 Å². The monoisotopic (exact) mass is 366 g/mol. The molecule has 1 atom stereocenters. The summed E-state index contributed by atoms with van der Waals surface area (Å²) in [7, 11) is -1.64. The van der Waals surface area contributed by atoms with Crippen LogP contribution < -0.4 is 5.32 Å². The number of nitrogens with one attached hydrogen (secondary N) is 1. The molecule has 0 bridgehead atoms. The topological polar surface area (TPSA) is 49.4 Å². The van der Waals surface area contributed by atoms with Crippen molar-refractivity contribution in [3.8, 4) is 0 Å². The molecule has 1 aliphatic heterocycles. The van der Waals surface area contributed by atoms with Crippen molar-refractivity contribution in [1.29, 1.82) is 0 Å². The predicted molar refractivity (Wildman–Crippen MR) is 80.0 cm³/mol. The summed E-state index contributed by atoms with van der Waals surface area (Å²) in [5, 5.41) is 3.56. The van der Waals surface area contributed by atoms with E-state index < -0.39 is 10.0 Å². The van der Waals surface area contributed by atoms with Gasteiger partial charge >= 0.3 is 0 Å². The van der Waals surface area contributed by atoms with E-state index in [9.17, 15) is 8.42 Å². The van der Waals surface area contributed by atoms with Gasteiger partial charge in [0.15, 0.2) is 0 Å². The highest BCUT2D eigenvalue weighted by atomic mass is 79.9. The Kier molecular flexibility index (Phi) is 4.89. The predicted octanol–water partition coefficient (Wildman–Crippen LogP) is 2.48. The Labute approximate surface area is 127 Å². The van der Waals surface area contributed by atoms with E-state index in [0.717, 1.165) is 12.8 Å². The molecule has 4 nitrogen and oxygen atoms in total. The molecule has 1 heterocycles. The fourth-order valence-corrected chi connectivity index (χ4v) is 4.92. The van der Waals surface area contributed by atoms with Crippen molar-refractivity contribution < 1.29 is 8.42 Å². The van der Waals surface area contributed by atoms with Crippen LogP contribution in [0.25, 0.3) is 0 Å². The number of rotatable bonds is 3. The minimum Gasteiger partial charge on any atom is -0.316 e. The SMILES string of the molecule is CNC1CCCN(S(=O)(=O)c2cc(Cl)ccc2Br)C1. The standard InChI is InChI=1S/C12H16BrClN2O2S/c1-15-10-3-2-6-16(8-10)19(17,18)12-7-9(14)4-5-11(12)13/h4-5,7,10,15H,2-3,6,8H2,1H3. The van der Waals surface area contributed by atoms with Crippen molar-refractivity contribution >= 4 is 37.6 Å². The molecule has 0 aliphatic carbocycles. The van der Waals surface area contributed by atoms with Gasteiger partial charge < -0.3 is 5.32 Å². The highest BCUT2D eigenvalue weighted by Crippen LogP contribution is 2.29. The molecule has 1 unspecified atom stereocenters. The molecule has 7 heteroatoms. The van der Waals surface area contributed by atoms with Crippen molar-refractivity contribution in [3.05, 3.63) is 27.7 Å². The molecule has 1 aromatic rings. The van der Waals surface area contributed by atoms with Crippen LogP contribution in [0.4, 0.5) is 0 Å². The molecule has 0 amide bonds. The Morgan fingerprint density at radius 2 is 2.21 bits per heavy atom. The van der Waals surface area contributed by atoms with Gasteiger partial charge in [-0.3, -0.25) is 0 Å². The van der Waals surface area contributed by atoms with Crippen LogP contribution in [0.1, 0.15) is 12.8 Å². The minimum atomic E-state index is -3.50. The summed E-state index contributed by atoms with van der Waals surface area (Å²) >= 11 is 9.19. The maximum Gasteiger partial charge on any atom is 0.244 e. The highest BCUT2D eigenvalue weighted by molar-refractivity contribution is 9.10. The molecule has 1 saturated heterocycles. The summed E-state index contributed by atoms with van der Waals surface area (Å²) in [5.74, 6) is 0. The van der Waals surface area contributed by atoms with E-state index in [0.29, 0.717) is 22.6 Å². The van der Waals surface area contributed by atoms with Gasteiger partial charge in [0.25, 0.3) is 0 Å². The van der Waals surface area contributed by atoms with Crippen molar-refractivity contribution in [2.75, 3.05) is 20.1 Å². The van der Waals surface area contributed by atoms with Crippen LogP contribution in [-0.2, 0) is 10.0 Å². The van der Waals surface area contributed by atoms with Crippen molar-refractivity contribution in [2.24, 2.45) is 0 Å².